The quantitative estimate of drug-likeness (QED) is 0.620. The lowest BCUT2D eigenvalue weighted by Gasteiger charge is -2.11. The summed E-state index contributed by atoms with van der Waals surface area (Å²) in [7, 11) is 0. The van der Waals surface area contributed by atoms with Crippen LogP contribution in [0.3, 0.4) is 0 Å². The van der Waals surface area contributed by atoms with Gasteiger partial charge in [0.1, 0.15) is 5.69 Å². The van der Waals surface area contributed by atoms with Crippen molar-refractivity contribution in [3.05, 3.63) is 24.3 Å². The molecule has 5 heteroatoms. The van der Waals surface area contributed by atoms with Gasteiger partial charge in [-0.3, -0.25) is 14.6 Å². The van der Waals surface area contributed by atoms with Crippen molar-refractivity contribution in [3.8, 4) is 0 Å². The summed E-state index contributed by atoms with van der Waals surface area (Å²) in [5.74, 6) is -0.217. The minimum atomic E-state index is -0.217. The molecular formula is C8H9N3O2. The second kappa shape index (κ2) is 3.49. The lowest BCUT2D eigenvalue weighted by Crippen LogP contribution is -2.27. The average Bonchev–Trinajstić information content (AvgIpc) is 2.71. The van der Waals surface area contributed by atoms with Gasteiger partial charge < -0.3 is 0 Å². The Bertz CT molecular complexity index is 296. The van der Waals surface area contributed by atoms with Crippen LogP contribution in [0.5, 0.6) is 0 Å². The number of hydroxylamine groups is 2. The normalized spacial score (nSPS) is 16.2. The van der Waals surface area contributed by atoms with Gasteiger partial charge >= 0.3 is 0 Å². The molecular weight excluding hydrogens is 170 g/mol. The smallest absolute Gasteiger partial charge is 0.271 e. The molecule has 68 valence electrons. The molecule has 1 fully saturated rings. The van der Waals surface area contributed by atoms with Gasteiger partial charge in [-0.05, 0) is 6.42 Å². The largest absolute Gasteiger partial charge is 0.297 e. The summed E-state index contributed by atoms with van der Waals surface area (Å²) in [4.78, 5) is 24.3. The lowest BCUT2D eigenvalue weighted by atomic mass is 10.4. The molecule has 1 saturated heterocycles. The van der Waals surface area contributed by atoms with Gasteiger partial charge in [-0.15, -0.1) is 0 Å². The molecule has 2 heterocycles. The number of carbonyl (C=O) groups excluding carboxylic acids is 1. The van der Waals surface area contributed by atoms with E-state index in [-0.39, 0.29) is 5.91 Å². The molecule has 0 spiro atoms. The maximum absolute atomic E-state index is 11.5. The summed E-state index contributed by atoms with van der Waals surface area (Å²) in [5.41, 5.74) is 0.324. The summed E-state index contributed by atoms with van der Waals surface area (Å²) < 4.78 is 0. The molecule has 0 atom stereocenters. The van der Waals surface area contributed by atoms with Crippen LogP contribution in [0, 0.1) is 0 Å². The summed E-state index contributed by atoms with van der Waals surface area (Å²) in [6.45, 7) is 1.24. The summed E-state index contributed by atoms with van der Waals surface area (Å²) >= 11 is 0. The van der Waals surface area contributed by atoms with Gasteiger partial charge in [0.05, 0.1) is 19.3 Å². The molecule has 2 rings (SSSR count). The molecule has 0 unspecified atom stereocenters. The second-order valence-corrected chi connectivity index (χ2v) is 2.68. The first-order valence-electron chi connectivity index (χ1n) is 4.09. The van der Waals surface area contributed by atoms with E-state index >= 15 is 0 Å². The summed E-state index contributed by atoms with van der Waals surface area (Å²) in [6, 6.07) is 0. The summed E-state index contributed by atoms with van der Waals surface area (Å²) in [5, 5.41) is 1.32. The maximum atomic E-state index is 11.5. The van der Waals surface area contributed by atoms with Crippen LogP contribution in [0.1, 0.15) is 16.9 Å². The van der Waals surface area contributed by atoms with Crippen LogP contribution in [0.15, 0.2) is 18.6 Å². The molecule has 5 nitrogen and oxygen atoms in total. The zero-order valence-electron chi connectivity index (χ0n) is 7.01. The highest BCUT2D eigenvalue weighted by molar-refractivity contribution is 5.91. The molecule has 0 bridgehead atoms. The SMILES string of the molecule is O=C(c1cnccn1)N1CCCO1. The first kappa shape index (κ1) is 8.12. The summed E-state index contributed by atoms with van der Waals surface area (Å²) in [6.07, 6.45) is 5.33. The van der Waals surface area contributed by atoms with Crippen molar-refractivity contribution >= 4 is 5.91 Å². The highest BCUT2D eigenvalue weighted by atomic mass is 16.7. The van der Waals surface area contributed by atoms with Gasteiger partial charge in [-0.1, -0.05) is 0 Å². The van der Waals surface area contributed by atoms with Crippen molar-refractivity contribution in [1.29, 1.82) is 0 Å². The highest BCUT2D eigenvalue weighted by Crippen LogP contribution is 2.07. The Morgan fingerprint density at radius 3 is 3.08 bits per heavy atom. The van der Waals surface area contributed by atoms with Gasteiger partial charge in [0.2, 0.25) is 0 Å². The Balaban J connectivity index is 2.13. The van der Waals surface area contributed by atoms with Crippen LogP contribution in [0.4, 0.5) is 0 Å². The van der Waals surface area contributed by atoms with E-state index in [1.54, 1.807) is 0 Å². The second-order valence-electron chi connectivity index (χ2n) is 2.68. The van der Waals surface area contributed by atoms with E-state index in [0.29, 0.717) is 18.8 Å². The molecule has 0 saturated carbocycles. The molecule has 0 aliphatic carbocycles. The average molecular weight is 179 g/mol. The van der Waals surface area contributed by atoms with E-state index < -0.39 is 0 Å². The van der Waals surface area contributed by atoms with Gasteiger partial charge in [0.25, 0.3) is 5.91 Å². The number of aromatic nitrogens is 2. The molecule has 0 aromatic carbocycles. The Hall–Kier alpha value is -1.49. The van der Waals surface area contributed by atoms with Crippen molar-refractivity contribution in [3.63, 3.8) is 0 Å². The van der Waals surface area contributed by atoms with Crippen LogP contribution in [-0.2, 0) is 4.84 Å². The van der Waals surface area contributed by atoms with Crippen LogP contribution in [0.2, 0.25) is 0 Å². The van der Waals surface area contributed by atoms with Crippen LogP contribution >= 0.6 is 0 Å². The van der Waals surface area contributed by atoms with Crippen molar-refractivity contribution in [2.45, 2.75) is 6.42 Å². The predicted molar refractivity (Wildman–Crippen MR) is 43.6 cm³/mol. The van der Waals surface area contributed by atoms with E-state index in [1.807, 2.05) is 0 Å². The van der Waals surface area contributed by atoms with Gasteiger partial charge in [0.15, 0.2) is 0 Å². The Morgan fingerprint density at radius 1 is 1.54 bits per heavy atom. The zero-order chi connectivity index (χ0) is 9.10. The topological polar surface area (TPSA) is 55.3 Å². The fourth-order valence-corrected chi connectivity index (χ4v) is 1.14. The monoisotopic (exact) mass is 179 g/mol. The van der Waals surface area contributed by atoms with E-state index in [9.17, 15) is 4.79 Å². The fourth-order valence-electron chi connectivity index (χ4n) is 1.14. The molecule has 0 N–H and O–H groups in total. The third kappa shape index (κ3) is 1.65. The first-order chi connectivity index (χ1) is 6.38. The highest BCUT2D eigenvalue weighted by Gasteiger charge is 2.21. The van der Waals surface area contributed by atoms with Crippen molar-refractivity contribution in [2.75, 3.05) is 13.2 Å². The third-order valence-electron chi connectivity index (χ3n) is 1.76. The molecule has 1 aromatic rings. The first-order valence-corrected chi connectivity index (χ1v) is 4.09. The van der Waals surface area contributed by atoms with Gasteiger partial charge in [0, 0.05) is 12.4 Å². The minimum Gasteiger partial charge on any atom is -0.271 e. The third-order valence-corrected chi connectivity index (χ3v) is 1.76. The number of hydrogen-bond acceptors (Lipinski definition) is 4. The molecule has 1 aliphatic heterocycles. The molecule has 13 heavy (non-hydrogen) atoms. The molecule has 0 radical (unpaired) electrons. The van der Waals surface area contributed by atoms with Crippen molar-refractivity contribution in [2.24, 2.45) is 0 Å². The Morgan fingerprint density at radius 2 is 2.46 bits per heavy atom. The Labute approximate surface area is 75.3 Å². The predicted octanol–water partition coefficient (Wildman–Crippen LogP) is 0.254. The molecule has 1 aliphatic rings. The van der Waals surface area contributed by atoms with Crippen molar-refractivity contribution < 1.29 is 9.63 Å². The van der Waals surface area contributed by atoms with Crippen LogP contribution in [0.25, 0.3) is 0 Å². The number of hydrogen-bond donors (Lipinski definition) is 0. The minimum absolute atomic E-state index is 0.217. The van der Waals surface area contributed by atoms with Crippen LogP contribution in [-0.4, -0.2) is 34.1 Å². The van der Waals surface area contributed by atoms with Gasteiger partial charge in [-0.2, -0.15) is 0 Å². The van der Waals surface area contributed by atoms with Crippen LogP contribution < -0.4 is 0 Å². The van der Waals surface area contributed by atoms with E-state index in [0.717, 1.165) is 6.42 Å². The number of rotatable bonds is 1. The molecule has 1 aromatic heterocycles. The van der Waals surface area contributed by atoms with E-state index in [4.69, 9.17) is 4.84 Å². The number of nitrogens with zero attached hydrogens (tertiary/aromatic N) is 3. The van der Waals surface area contributed by atoms with E-state index in [2.05, 4.69) is 9.97 Å². The maximum Gasteiger partial charge on any atom is 0.297 e. The van der Waals surface area contributed by atoms with Gasteiger partial charge in [-0.25, -0.2) is 10.0 Å². The fraction of sp³-hybridized carbons (Fsp3) is 0.375. The Kier molecular flexibility index (Phi) is 2.18. The number of carbonyl (C=O) groups is 1. The molecule has 1 amide bonds. The lowest BCUT2D eigenvalue weighted by molar-refractivity contribution is -0.0772. The standard InChI is InChI=1S/C8H9N3O2/c12-8(11-4-1-5-13-11)7-6-9-2-3-10-7/h2-3,6H,1,4-5H2. The van der Waals surface area contributed by atoms with E-state index in [1.165, 1.54) is 23.7 Å². The number of amides is 1. The van der Waals surface area contributed by atoms with Crippen molar-refractivity contribution in [1.82, 2.24) is 15.0 Å². The zero-order valence-corrected chi connectivity index (χ0v) is 7.01.